The number of fused-ring (bicyclic) bond motifs is 1. The summed E-state index contributed by atoms with van der Waals surface area (Å²) in [5.41, 5.74) is 3.98. The number of rotatable bonds is 0. The number of hydrogen-bond donors (Lipinski definition) is 0. The predicted molar refractivity (Wildman–Crippen MR) is 52.9 cm³/mol. The second-order valence-electron chi connectivity index (χ2n) is 3.16. The average Bonchev–Trinajstić information content (AvgIpc) is 2.29. The van der Waals surface area contributed by atoms with Gasteiger partial charge in [0.15, 0.2) is 0 Å². The summed E-state index contributed by atoms with van der Waals surface area (Å²) in [6, 6.07) is 4.51. The molecule has 0 saturated heterocycles. The van der Waals surface area contributed by atoms with E-state index in [-0.39, 0.29) is 20.4 Å². The van der Waals surface area contributed by atoms with Gasteiger partial charge in [-0.15, -0.1) is 0 Å². The van der Waals surface area contributed by atoms with Crippen LogP contribution in [0, 0.1) is 20.8 Å². The Hall–Kier alpha value is -0.320. The van der Waals surface area contributed by atoms with Gasteiger partial charge in [-0.05, 0) is 0 Å². The molecule has 0 radical (unpaired) electrons. The van der Waals surface area contributed by atoms with Gasteiger partial charge in [0.05, 0.1) is 0 Å². The molecule has 2 heteroatoms. The van der Waals surface area contributed by atoms with Crippen molar-refractivity contribution < 1.29 is 0 Å². The summed E-state index contributed by atoms with van der Waals surface area (Å²) in [7, 11) is 0. The third-order valence-corrected chi connectivity index (χ3v) is 4.56. The van der Waals surface area contributed by atoms with Crippen LogP contribution in [0.25, 0.3) is 8.92 Å². The first-order chi connectivity index (χ1) is 5.66. The van der Waals surface area contributed by atoms with Crippen molar-refractivity contribution >= 4 is 29.3 Å². The maximum absolute atomic E-state index is 4.57. The fourth-order valence-electron chi connectivity index (χ4n) is 1.48. The summed E-state index contributed by atoms with van der Waals surface area (Å²) in [5, 5.41) is 0. The van der Waals surface area contributed by atoms with Crippen molar-refractivity contribution in [1.82, 2.24) is 4.98 Å². The molecule has 2 rings (SSSR count). The van der Waals surface area contributed by atoms with Crippen molar-refractivity contribution in [3.05, 3.63) is 27.0 Å². The quantitative estimate of drug-likeness (QED) is 0.670. The Balaban J connectivity index is 2.88. The van der Waals surface area contributed by atoms with Gasteiger partial charge in [0.2, 0.25) is 0 Å². The molecule has 0 saturated carbocycles. The minimum absolute atomic E-state index is 0.0990. The van der Waals surface area contributed by atoms with E-state index in [1.54, 1.807) is 0 Å². The molecule has 0 aliphatic carbocycles. The summed E-state index contributed by atoms with van der Waals surface area (Å²) in [4.78, 5) is 4.57. The van der Waals surface area contributed by atoms with Crippen LogP contribution >= 0.6 is 0 Å². The molecule has 0 fully saturated rings. The zero-order valence-electron chi connectivity index (χ0n) is 7.51. The molecule has 0 aliphatic heterocycles. The molecule has 2 aromatic rings. The predicted octanol–water partition coefficient (Wildman–Crippen LogP) is 2.22. The topological polar surface area (TPSA) is 12.9 Å². The molecule has 62 valence electrons. The molecule has 0 bridgehead atoms. The van der Waals surface area contributed by atoms with Crippen LogP contribution in [0.15, 0.2) is 12.1 Å². The molecule has 0 N–H and O–H groups in total. The summed E-state index contributed by atoms with van der Waals surface area (Å²) in [6.07, 6.45) is 0. The van der Waals surface area contributed by atoms with Crippen LogP contribution < -0.4 is 0 Å². The Kier molecular flexibility index (Phi) is 1.98. The van der Waals surface area contributed by atoms with Crippen molar-refractivity contribution in [2.75, 3.05) is 0 Å². The number of benzene rings is 1. The Bertz CT molecular complexity index is 429. The summed E-state index contributed by atoms with van der Waals surface area (Å²) in [6.45, 7) is 6.46. The summed E-state index contributed by atoms with van der Waals surface area (Å²) < 4.78 is 2.89. The number of aromatic nitrogens is 1. The van der Waals surface area contributed by atoms with Gasteiger partial charge in [-0.25, -0.2) is 0 Å². The van der Waals surface area contributed by atoms with E-state index in [1.165, 1.54) is 23.8 Å². The van der Waals surface area contributed by atoms with Crippen LogP contribution in [0.2, 0.25) is 0 Å². The zero-order chi connectivity index (χ0) is 8.72. The van der Waals surface area contributed by atoms with Crippen molar-refractivity contribution in [2.45, 2.75) is 20.8 Å². The first-order valence-electron chi connectivity index (χ1n) is 4.01. The van der Waals surface area contributed by atoms with Crippen LogP contribution in [0.3, 0.4) is 0 Å². The standard InChI is InChI=1S/C10H11NTe/c1-6-4-7(2)10-9(5-6)12-8(3)11-10/h4-5H,1-3H3. The van der Waals surface area contributed by atoms with Crippen molar-refractivity contribution in [1.29, 1.82) is 0 Å². The molecule has 0 aliphatic rings. The van der Waals surface area contributed by atoms with Gasteiger partial charge in [-0.3, -0.25) is 0 Å². The van der Waals surface area contributed by atoms with Gasteiger partial charge in [-0.1, -0.05) is 0 Å². The third kappa shape index (κ3) is 1.30. The van der Waals surface area contributed by atoms with Gasteiger partial charge in [0.1, 0.15) is 0 Å². The van der Waals surface area contributed by atoms with Crippen molar-refractivity contribution in [2.24, 2.45) is 0 Å². The molecule has 1 aromatic heterocycles. The first kappa shape index (κ1) is 8.29. The van der Waals surface area contributed by atoms with Crippen LogP contribution in [-0.2, 0) is 0 Å². The maximum atomic E-state index is 4.57. The van der Waals surface area contributed by atoms with E-state index in [4.69, 9.17) is 0 Å². The third-order valence-electron chi connectivity index (χ3n) is 1.94. The molecular weight excluding hydrogens is 262 g/mol. The number of hydrogen-bond acceptors (Lipinski definition) is 1. The monoisotopic (exact) mass is 275 g/mol. The second kappa shape index (κ2) is 2.87. The molecule has 0 spiro atoms. The zero-order valence-corrected chi connectivity index (χ0v) is 9.84. The van der Waals surface area contributed by atoms with E-state index in [9.17, 15) is 0 Å². The Labute approximate surface area is 82.1 Å². The van der Waals surface area contributed by atoms with E-state index in [0.29, 0.717) is 0 Å². The van der Waals surface area contributed by atoms with Crippen molar-refractivity contribution in [3.63, 3.8) is 0 Å². The van der Waals surface area contributed by atoms with E-state index in [1.807, 2.05) is 0 Å². The molecule has 1 heterocycles. The molecule has 0 amide bonds. The fraction of sp³-hybridized carbons (Fsp3) is 0.300. The second-order valence-corrected chi connectivity index (χ2v) is 6.69. The van der Waals surface area contributed by atoms with Crippen LogP contribution in [-0.4, -0.2) is 25.4 Å². The number of aryl methyl sites for hydroxylation is 3. The van der Waals surface area contributed by atoms with Crippen LogP contribution in [0.5, 0.6) is 0 Å². The van der Waals surface area contributed by atoms with Crippen molar-refractivity contribution in [3.8, 4) is 0 Å². The van der Waals surface area contributed by atoms with Gasteiger partial charge in [0, 0.05) is 0 Å². The normalized spacial score (nSPS) is 10.9. The van der Waals surface area contributed by atoms with E-state index < -0.39 is 0 Å². The molecular formula is C10H11NTe. The van der Waals surface area contributed by atoms with E-state index in [0.717, 1.165) is 0 Å². The van der Waals surface area contributed by atoms with E-state index >= 15 is 0 Å². The molecule has 0 atom stereocenters. The first-order valence-corrected chi connectivity index (χ1v) is 6.34. The Morgan fingerprint density at radius 3 is 2.67 bits per heavy atom. The van der Waals surface area contributed by atoms with Gasteiger partial charge < -0.3 is 0 Å². The molecule has 12 heavy (non-hydrogen) atoms. The SMILES string of the molecule is Cc1cc(C)c2nc(C)[te]c2c1. The minimum atomic E-state index is -0.0990. The fourth-order valence-corrected chi connectivity index (χ4v) is 4.35. The molecule has 0 unspecified atom stereocenters. The van der Waals surface area contributed by atoms with Gasteiger partial charge >= 0.3 is 82.1 Å². The van der Waals surface area contributed by atoms with Gasteiger partial charge in [0.25, 0.3) is 0 Å². The Morgan fingerprint density at radius 1 is 1.17 bits per heavy atom. The van der Waals surface area contributed by atoms with Crippen LogP contribution in [0.1, 0.15) is 14.8 Å². The summed E-state index contributed by atoms with van der Waals surface area (Å²) in [5.74, 6) is 0. The molecule has 1 nitrogen and oxygen atoms in total. The number of nitrogens with zero attached hydrogens (tertiary/aromatic N) is 1. The Morgan fingerprint density at radius 2 is 1.92 bits per heavy atom. The van der Waals surface area contributed by atoms with E-state index in [2.05, 4.69) is 37.9 Å². The molecule has 1 aromatic carbocycles. The summed E-state index contributed by atoms with van der Waals surface area (Å²) >= 11 is -0.0990. The van der Waals surface area contributed by atoms with Crippen LogP contribution in [0.4, 0.5) is 0 Å². The van der Waals surface area contributed by atoms with Gasteiger partial charge in [-0.2, -0.15) is 0 Å². The average molecular weight is 273 g/mol.